The molecule has 0 amide bonds. The molecule has 0 aliphatic carbocycles. The van der Waals surface area contributed by atoms with E-state index < -0.39 is 12.6 Å². The lowest BCUT2D eigenvalue weighted by Gasteiger charge is -2.21. The lowest BCUT2D eigenvalue weighted by Crippen LogP contribution is -2.32. The summed E-state index contributed by atoms with van der Waals surface area (Å²) in [6.45, 7) is -0.250. The van der Waals surface area contributed by atoms with Gasteiger partial charge in [-0.1, -0.05) is 0 Å². The van der Waals surface area contributed by atoms with E-state index in [-0.39, 0.29) is 13.2 Å². The summed E-state index contributed by atoms with van der Waals surface area (Å²) in [7, 11) is 6.11. The van der Waals surface area contributed by atoms with Gasteiger partial charge in [0.05, 0.1) is 13.2 Å². The van der Waals surface area contributed by atoms with E-state index in [0.29, 0.717) is 0 Å². The number of methoxy groups -OCH3 is 4. The Balaban J connectivity index is 0. The van der Waals surface area contributed by atoms with Crippen molar-refractivity contribution in [1.29, 1.82) is 0 Å². The average Bonchev–Trinajstić information content (AvgIpc) is 2.26. The van der Waals surface area contributed by atoms with Gasteiger partial charge in [0.1, 0.15) is 0 Å². The minimum Gasteiger partial charge on any atom is -0.394 e. The first-order valence-corrected chi connectivity index (χ1v) is 4.04. The van der Waals surface area contributed by atoms with Crippen molar-refractivity contribution in [2.45, 2.75) is 12.6 Å². The van der Waals surface area contributed by atoms with Crippen molar-refractivity contribution < 1.29 is 29.2 Å². The fourth-order valence-electron chi connectivity index (χ4n) is 0.637. The zero-order valence-electron chi connectivity index (χ0n) is 9.10. The van der Waals surface area contributed by atoms with Gasteiger partial charge in [0.25, 0.3) is 0 Å². The zero-order valence-corrected chi connectivity index (χ0v) is 9.10. The first-order chi connectivity index (χ1) is 6.71. The van der Waals surface area contributed by atoms with Gasteiger partial charge in [-0.15, -0.1) is 0 Å². The molecule has 6 heteroatoms. The van der Waals surface area contributed by atoms with Crippen LogP contribution in [-0.4, -0.2) is 64.4 Å². The van der Waals surface area contributed by atoms with Gasteiger partial charge < -0.3 is 29.2 Å². The lowest BCUT2D eigenvalue weighted by atomic mass is 10.6. The van der Waals surface area contributed by atoms with E-state index in [4.69, 9.17) is 29.2 Å². The zero-order chi connectivity index (χ0) is 11.4. The molecule has 0 aromatic rings. The Morgan fingerprint density at radius 1 is 0.714 bits per heavy atom. The number of ether oxygens (including phenoxy) is 4. The Kier molecular flexibility index (Phi) is 14.8. The molecule has 2 N–H and O–H groups in total. The number of aliphatic hydroxyl groups excluding tert-OH is 2. The van der Waals surface area contributed by atoms with E-state index in [9.17, 15) is 0 Å². The van der Waals surface area contributed by atoms with Gasteiger partial charge in [0.15, 0.2) is 0 Å². The van der Waals surface area contributed by atoms with Crippen molar-refractivity contribution in [1.82, 2.24) is 0 Å². The maximum absolute atomic E-state index is 7.62. The molecule has 88 valence electrons. The molecular weight excluding hydrogens is 192 g/mol. The van der Waals surface area contributed by atoms with Crippen LogP contribution >= 0.6 is 0 Å². The third-order valence-electron chi connectivity index (χ3n) is 1.25. The van der Waals surface area contributed by atoms with Crippen molar-refractivity contribution in [3.63, 3.8) is 0 Å². The molecule has 0 radical (unpaired) electrons. The van der Waals surface area contributed by atoms with Gasteiger partial charge in [-0.25, -0.2) is 0 Å². The third kappa shape index (κ3) is 8.36. The van der Waals surface area contributed by atoms with Gasteiger partial charge in [-0.2, -0.15) is 0 Å². The molecule has 0 aliphatic heterocycles. The van der Waals surface area contributed by atoms with Gasteiger partial charge in [-0.3, -0.25) is 0 Å². The van der Waals surface area contributed by atoms with E-state index in [2.05, 4.69) is 0 Å². The summed E-state index contributed by atoms with van der Waals surface area (Å²) < 4.78 is 19.5. The van der Waals surface area contributed by atoms with Crippen LogP contribution in [0.1, 0.15) is 0 Å². The fraction of sp³-hybridized carbons (Fsp3) is 1.00. The van der Waals surface area contributed by atoms with Gasteiger partial charge in [0.2, 0.25) is 12.6 Å². The van der Waals surface area contributed by atoms with Crippen LogP contribution in [0.15, 0.2) is 0 Å². The number of hydrogen-bond donors (Lipinski definition) is 2. The van der Waals surface area contributed by atoms with Gasteiger partial charge in [0, 0.05) is 28.4 Å². The highest BCUT2D eigenvalue weighted by atomic mass is 16.8. The second kappa shape index (κ2) is 12.8. The largest absolute Gasteiger partial charge is 0.394 e. The minimum absolute atomic E-state index is 0.125. The second-order valence-corrected chi connectivity index (χ2v) is 2.13. The Labute approximate surface area is 84.3 Å². The van der Waals surface area contributed by atoms with Crippen molar-refractivity contribution in [3.8, 4) is 0 Å². The van der Waals surface area contributed by atoms with E-state index in [1.165, 1.54) is 28.4 Å². The maximum Gasteiger partial charge on any atom is 0.208 e. The van der Waals surface area contributed by atoms with E-state index in [1.807, 2.05) is 0 Å². The van der Waals surface area contributed by atoms with Crippen molar-refractivity contribution in [3.05, 3.63) is 0 Å². The topological polar surface area (TPSA) is 77.4 Å². The fourth-order valence-corrected chi connectivity index (χ4v) is 0.637. The highest BCUT2D eigenvalue weighted by Gasteiger charge is 2.18. The molecule has 0 heterocycles. The predicted molar refractivity (Wildman–Crippen MR) is 49.8 cm³/mol. The van der Waals surface area contributed by atoms with Crippen LogP contribution in [0.4, 0.5) is 0 Å². The van der Waals surface area contributed by atoms with E-state index >= 15 is 0 Å². The highest BCUT2D eigenvalue weighted by molar-refractivity contribution is 4.45. The lowest BCUT2D eigenvalue weighted by molar-refractivity contribution is -0.254. The molecule has 0 aromatic carbocycles. The quantitative estimate of drug-likeness (QED) is 0.561. The van der Waals surface area contributed by atoms with Crippen molar-refractivity contribution in [2.75, 3.05) is 41.7 Å². The first-order valence-electron chi connectivity index (χ1n) is 4.04. The normalized spacial score (nSPS) is 10.3. The summed E-state index contributed by atoms with van der Waals surface area (Å²) >= 11 is 0. The second-order valence-electron chi connectivity index (χ2n) is 2.13. The third-order valence-corrected chi connectivity index (χ3v) is 1.25. The minimum atomic E-state index is -0.463. The Morgan fingerprint density at radius 3 is 1.00 bits per heavy atom. The van der Waals surface area contributed by atoms with Crippen LogP contribution in [0, 0.1) is 0 Å². The molecule has 0 aromatic heterocycles. The molecular formula is C8H20O6. The SMILES string of the molecule is COC(OC)C(OC)OC.OCCO. The molecule has 0 saturated carbocycles. The molecule has 0 aliphatic rings. The maximum atomic E-state index is 7.62. The average molecular weight is 212 g/mol. The van der Waals surface area contributed by atoms with Crippen LogP contribution in [0.3, 0.4) is 0 Å². The van der Waals surface area contributed by atoms with E-state index in [1.54, 1.807) is 0 Å². The van der Waals surface area contributed by atoms with E-state index in [0.717, 1.165) is 0 Å². The Bertz CT molecular complexity index is 79.8. The van der Waals surface area contributed by atoms with Crippen LogP contribution in [0.5, 0.6) is 0 Å². The van der Waals surface area contributed by atoms with Gasteiger partial charge in [-0.05, 0) is 0 Å². The molecule has 0 spiro atoms. The Hall–Kier alpha value is -0.240. The van der Waals surface area contributed by atoms with Crippen LogP contribution in [0.2, 0.25) is 0 Å². The smallest absolute Gasteiger partial charge is 0.208 e. The van der Waals surface area contributed by atoms with Crippen LogP contribution in [-0.2, 0) is 18.9 Å². The monoisotopic (exact) mass is 212 g/mol. The number of aliphatic hydroxyl groups is 2. The summed E-state index contributed by atoms with van der Waals surface area (Å²) in [6.07, 6.45) is -0.926. The summed E-state index contributed by atoms with van der Waals surface area (Å²) in [5, 5.41) is 15.2. The highest BCUT2D eigenvalue weighted by Crippen LogP contribution is 2.02. The van der Waals surface area contributed by atoms with Crippen molar-refractivity contribution >= 4 is 0 Å². The molecule has 0 fully saturated rings. The number of hydrogen-bond acceptors (Lipinski definition) is 6. The van der Waals surface area contributed by atoms with Gasteiger partial charge >= 0.3 is 0 Å². The molecule has 0 saturated heterocycles. The number of rotatable bonds is 6. The molecule has 14 heavy (non-hydrogen) atoms. The molecule has 0 rings (SSSR count). The van der Waals surface area contributed by atoms with Crippen LogP contribution in [0.25, 0.3) is 0 Å². The summed E-state index contributed by atoms with van der Waals surface area (Å²) in [5.74, 6) is 0. The molecule has 0 unspecified atom stereocenters. The summed E-state index contributed by atoms with van der Waals surface area (Å²) in [4.78, 5) is 0. The predicted octanol–water partition coefficient (Wildman–Crippen LogP) is -0.805. The first kappa shape index (κ1) is 16.2. The Morgan fingerprint density at radius 2 is 0.929 bits per heavy atom. The molecule has 0 bridgehead atoms. The van der Waals surface area contributed by atoms with Crippen molar-refractivity contribution in [2.24, 2.45) is 0 Å². The summed E-state index contributed by atoms with van der Waals surface area (Å²) in [6, 6.07) is 0. The summed E-state index contributed by atoms with van der Waals surface area (Å²) in [5.41, 5.74) is 0. The van der Waals surface area contributed by atoms with Crippen LogP contribution < -0.4 is 0 Å². The standard InChI is InChI=1S/C6H14O4.C2H6O2/c1-7-5(8-2)6(9-3)10-4;3-1-2-4/h5-6H,1-4H3;3-4H,1-2H2. The molecule has 6 nitrogen and oxygen atoms in total. The molecule has 0 atom stereocenters.